The molecule has 158 valence electrons. The molecule has 0 saturated heterocycles. The monoisotopic (exact) mass is 430 g/mol. The topological polar surface area (TPSA) is 51.2 Å². The summed E-state index contributed by atoms with van der Waals surface area (Å²) < 4.78 is 6.81. The normalized spacial score (nSPS) is 11.5. The van der Waals surface area contributed by atoms with Crippen LogP contribution in [0.1, 0.15) is 32.8 Å². The summed E-state index contributed by atoms with van der Waals surface area (Å²) in [6, 6.07) is 23.8. The molecule has 4 rings (SSSR count). The quantitative estimate of drug-likeness (QED) is 0.356. The van der Waals surface area contributed by atoms with E-state index in [4.69, 9.17) is 4.74 Å². The predicted octanol–water partition coefficient (Wildman–Crippen LogP) is 6.67. The van der Waals surface area contributed by atoms with Gasteiger partial charge in [-0.1, -0.05) is 45.0 Å². The van der Waals surface area contributed by atoms with Crippen LogP contribution in [0.4, 0.5) is 5.69 Å². The zero-order valence-corrected chi connectivity index (χ0v) is 18.8. The zero-order valence-electron chi connectivity index (χ0n) is 18.0. The van der Waals surface area contributed by atoms with Crippen LogP contribution in [0.5, 0.6) is 5.75 Å². The van der Waals surface area contributed by atoms with Gasteiger partial charge >= 0.3 is 0 Å². The largest absolute Gasteiger partial charge is 0.484 e. The Morgan fingerprint density at radius 2 is 1.71 bits per heavy atom. The van der Waals surface area contributed by atoms with E-state index in [2.05, 4.69) is 49.3 Å². The minimum absolute atomic E-state index is 0.0316. The van der Waals surface area contributed by atoms with Gasteiger partial charge in [-0.3, -0.25) is 4.79 Å². The Labute approximate surface area is 186 Å². The van der Waals surface area contributed by atoms with Crippen LogP contribution in [0.2, 0.25) is 0 Å². The smallest absolute Gasteiger partial charge is 0.262 e. The molecule has 1 aromatic heterocycles. The highest BCUT2D eigenvalue weighted by Gasteiger charge is 2.17. The van der Waals surface area contributed by atoms with Crippen molar-refractivity contribution < 1.29 is 9.53 Å². The van der Waals surface area contributed by atoms with E-state index in [0.29, 0.717) is 5.75 Å². The van der Waals surface area contributed by atoms with Crippen molar-refractivity contribution in [3.05, 3.63) is 78.4 Å². The summed E-state index contributed by atoms with van der Waals surface area (Å²) in [5.74, 6) is 0.502. The highest BCUT2D eigenvalue weighted by Crippen LogP contribution is 2.31. The van der Waals surface area contributed by atoms with Crippen LogP contribution in [0.25, 0.3) is 20.8 Å². The molecule has 0 atom stereocenters. The van der Waals surface area contributed by atoms with Crippen molar-refractivity contribution in [2.24, 2.45) is 0 Å². The Bertz CT molecular complexity index is 1150. The van der Waals surface area contributed by atoms with Gasteiger partial charge in [0.2, 0.25) is 0 Å². The van der Waals surface area contributed by atoms with Gasteiger partial charge in [0.05, 0.1) is 10.2 Å². The number of carbonyl (C=O) groups excluding carboxylic acids is 1. The lowest BCUT2D eigenvalue weighted by atomic mass is 9.82. The number of fused-ring (bicyclic) bond motifs is 1. The molecule has 0 saturated carbocycles. The second-order valence-corrected chi connectivity index (χ2v) is 9.19. The maximum atomic E-state index is 12.3. The first kappa shape index (κ1) is 21.1. The molecule has 0 aliphatic heterocycles. The maximum absolute atomic E-state index is 12.3. The Hall–Kier alpha value is -3.18. The molecule has 0 aliphatic rings. The third-order valence-electron chi connectivity index (χ3n) is 5.60. The Balaban J connectivity index is 1.33. The molecule has 0 aliphatic carbocycles. The van der Waals surface area contributed by atoms with Crippen LogP contribution >= 0.6 is 11.3 Å². The van der Waals surface area contributed by atoms with Gasteiger partial charge in [0.1, 0.15) is 10.8 Å². The fourth-order valence-electron chi connectivity index (χ4n) is 3.24. The first-order valence-corrected chi connectivity index (χ1v) is 11.3. The highest BCUT2D eigenvalue weighted by molar-refractivity contribution is 7.21. The number of ether oxygens (including phenoxy) is 1. The molecule has 4 aromatic rings. The van der Waals surface area contributed by atoms with E-state index in [1.165, 1.54) is 10.3 Å². The number of thiazole rings is 1. The molecule has 31 heavy (non-hydrogen) atoms. The third-order valence-corrected chi connectivity index (χ3v) is 6.68. The minimum atomic E-state index is -0.189. The van der Waals surface area contributed by atoms with E-state index in [0.717, 1.165) is 28.2 Å². The molecular weight excluding hydrogens is 404 g/mol. The van der Waals surface area contributed by atoms with E-state index < -0.39 is 0 Å². The fraction of sp³-hybridized carbons (Fsp3) is 0.231. The predicted molar refractivity (Wildman–Crippen MR) is 129 cm³/mol. The van der Waals surface area contributed by atoms with Crippen molar-refractivity contribution in [1.82, 2.24) is 4.98 Å². The second-order valence-electron chi connectivity index (χ2n) is 8.16. The van der Waals surface area contributed by atoms with Gasteiger partial charge < -0.3 is 10.1 Å². The number of benzene rings is 3. The number of hydrogen-bond donors (Lipinski definition) is 1. The number of anilines is 1. The summed E-state index contributed by atoms with van der Waals surface area (Å²) in [6.07, 6.45) is 1.06. The summed E-state index contributed by atoms with van der Waals surface area (Å²) in [4.78, 5) is 17.0. The summed E-state index contributed by atoms with van der Waals surface area (Å²) >= 11 is 1.66. The molecule has 0 bridgehead atoms. The SMILES string of the molecule is CCC(C)(C)c1ccc(OCC(=O)Nc2ccc(-c3nc4ccccc4s3)cc2)cc1. The van der Waals surface area contributed by atoms with Gasteiger partial charge in [0, 0.05) is 11.3 Å². The lowest BCUT2D eigenvalue weighted by Gasteiger charge is -2.23. The standard InChI is InChI=1S/C26H26N2O2S/c1-4-26(2,3)19-11-15-21(16-12-19)30-17-24(29)27-20-13-9-18(10-14-20)25-28-22-7-5-6-8-23(22)31-25/h5-16H,4,17H2,1-3H3,(H,27,29). The van der Waals surface area contributed by atoms with Crippen LogP contribution in [-0.4, -0.2) is 17.5 Å². The van der Waals surface area contributed by atoms with Crippen LogP contribution in [-0.2, 0) is 10.2 Å². The van der Waals surface area contributed by atoms with Crippen molar-refractivity contribution in [1.29, 1.82) is 0 Å². The van der Waals surface area contributed by atoms with E-state index in [-0.39, 0.29) is 17.9 Å². The number of nitrogens with one attached hydrogen (secondary N) is 1. The van der Waals surface area contributed by atoms with Crippen molar-refractivity contribution in [3.63, 3.8) is 0 Å². The van der Waals surface area contributed by atoms with Gasteiger partial charge in [-0.2, -0.15) is 0 Å². The number of nitrogens with zero attached hydrogens (tertiary/aromatic N) is 1. The summed E-state index contributed by atoms with van der Waals surface area (Å²) in [5.41, 5.74) is 4.17. The van der Waals surface area contributed by atoms with E-state index in [1.54, 1.807) is 11.3 Å². The van der Waals surface area contributed by atoms with Crippen LogP contribution in [0, 0.1) is 0 Å². The Morgan fingerprint density at radius 3 is 2.39 bits per heavy atom. The van der Waals surface area contributed by atoms with Crippen LogP contribution in [0.15, 0.2) is 72.8 Å². The molecule has 4 nitrogen and oxygen atoms in total. The number of amides is 1. The molecule has 0 unspecified atom stereocenters. The van der Waals surface area contributed by atoms with Crippen molar-refractivity contribution >= 4 is 33.1 Å². The van der Waals surface area contributed by atoms with Crippen LogP contribution < -0.4 is 10.1 Å². The second kappa shape index (κ2) is 8.90. The van der Waals surface area contributed by atoms with Crippen LogP contribution in [0.3, 0.4) is 0 Å². The summed E-state index contributed by atoms with van der Waals surface area (Å²) in [6.45, 7) is 6.59. The van der Waals surface area contributed by atoms with Gasteiger partial charge in [0.25, 0.3) is 5.91 Å². The molecule has 1 N–H and O–H groups in total. The number of hydrogen-bond acceptors (Lipinski definition) is 4. The van der Waals surface area contributed by atoms with Gasteiger partial charge in [-0.05, 0) is 65.9 Å². The molecule has 0 spiro atoms. The first-order valence-electron chi connectivity index (χ1n) is 10.4. The average Bonchev–Trinajstić information content (AvgIpc) is 3.23. The lowest BCUT2D eigenvalue weighted by molar-refractivity contribution is -0.118. The van der Waals surface area contributed by atoms with Gasteiger partial charge in [-0.25, -0.2) is 4.98 Å². The maximum Gasteiger partial charge on any atom is 0.262 e. The van der Waals surface area contributed by atoms with E-state index in [9.17, 15) is 4.79 Å². The molecular formula is C26H26N2O2S. The lowest BCUT2D eigenvalue weighted by Crippen LogP contribution is -2.20. The number of aromatic nitrogens is 1. The minimum Gasteiger partial charge on any atom is -0.484 e. The first-order chi connectivity index (χ1) is 14.9. The third kappa shape index (κ3) is 4.94. The Morgan fingerprint density at radius 1 is 1.00 bits per heavy atom. The van der Waals surface area contributed by atoms with Crippen molar-refractivity contribution in [2.75, 3.05) is 11.9 Å². The van der Waals surface area contributed by atoms with Crippen molar-refractivity contribution in [3.8, 4) is 16.3 Å². The fourth-order valence-corrected chi connectivity index (χ4v) is 4.22. The van der Waals surface area contributed by atoms with E-state index >= 15 is 0 Å². The Kier molecular flexibility index (Phi) is 6.05. The van der Waals surface area contributed by atoms with Crippen molar-refractivity contribution in [2.45, 2.75) is 32.6 Å². The molecule has 0 radical (unpaired) electrons. The number of para-hydroxylation sites is 1. The summed E-state index contributed by atoms with van der Waals surface area (Å²) in [5, 5.41) is 3.85. The van der Waals surface area contributed by atoms with Gasteiger partial charge in [-0.15, -0.1) is 11.3 Å². The molecule has 1 amide bonds. The highest BCUT2D eigenvalue weighted by atomic mass is 32.1. The van der Waals surface area contributed by atoms with E-state index in [1.807, 2.05) is 54.6 Å². The molecule has 1 heterocycles. The number of rotatable bonds is 7. The summed E-state index contributed by atoms with van der Waals surface area (Å²) in [7, 11) is 0. The molecule has 5 heteroatoms. The zero-order chi connectivity index (χ0) is 21.8. The number of carbonyl (C=O) groups is 1. The molecule has 0 fully saturated rings. The van der Waals surface area contributed by atoms with Gasteiger partial charge in [0.15, 0.2) is 6.61 Å². The molecule has 3 aromatic carbocycles. The average molecular weight is 431 g/mol.